The molecule has 0 radical (unpaired) electrons. The average molecular weight is 262 g/mol. The van der Waals surface area contributed by atoms with E-state index in [2.05, 4.69) is 17.2 Å². The predicted octanol–water partition coefficient (Wildman–Crippen LogP) is 1.16. The Labute approximate surface area is 112 Å². The zero-order chi connectivity index (χ0) is 13.7. The van der Waals surface area contributed by atoms with Crippen LogP contribution < -0.4 is 15.5 Å². The number of benzene rings is 1. The fourth-order valence-electron chi connectivity index (χ4n) is 1.81. The van der Waals surface area contributed by atoms with Crippen LogP contribution >= 0.6 is 0 Å². The van der Waals surface area contributed by atoms with Crippen LogP contribution in [0.4, 0.5) is 0 Å². The molecule has 102 valence electrons. The van der Waals surface area contributed by atoms with Crippen LogP contribution in [-0.4, -0.2) is 25.6 Å². The first kappa shape index (κ1) is 13.4. The second kappa shape index (κ2) is 6.24. The summed E-state index contributed by atoms with van der Waals surface area (Å²) in [5.74, 6) is 0.508. The first-order valence-corrected chi connectivity index (χ1v) is 6.25. The van der Waals surface area contributed by atoms with Gasteiger partial charge in [0.25, 0.3) is 5.91 Å². The maximum absolute atomic E-state index is 11.9. The summed E-state index contributed by atoms with van der Waals surface area (Å²) in [6.45, 7) is 4.32. The Kier molecular flexibility index (Phi) is 4.41. The van der Waals surface area contributed by atoms with Crippen LogP contribution in [0.1, 0.15) is 12.0 Å². The normalized spacial score (nSPS) is 17.0. The van der Waals surface area contributed by atoms with E-state index in [0.717, 1.165) is 11.3 Å². The first-order chi connectivity index (χ1) is 9.20. The van der Waals surface area contributed by atoms with Crippen LogP contribution in [0.5, 0.6) is 5.75 Å². The molecule has 0 aliphatic carbocycles. The van der Waals surface area contributed by atoms with Gasteiger partial charge in [0.2, 0.25) is 0 Å². The van der Waals surface area contributed by atoms with E-state index in [1.807, 2.05) is 24.3 Å². The van der Waals surface area contributed by atoms with Crippen molar-refractivity contribution in [3.05, 3.63) is 42.1 Å². The number of para-hydroxylation sites is 1. The number of nitrogens with one attached hydrogen (secondary N) is 2. The van der Waals surface area contributed by atoms with Crippen molar-refractivity contribution in [3.8, 4) is 5.75 Å². The topological polar surface area (TPSA) is 59.6 Å². The van der Waals surface area contributed by atoms with Gasteiger partial charge in [-0.05, 0) is 6.07 Å². The highest BCUT2D eigenvalue weighted by molar-refractivity contribution is 5.81. The quantitative estimate of drug-likeness (QED) is 0.782. The fourth-order valence-corrected chi connectivity index (χ4v) is 1.81. The monoisotopic (exact) mass is 262 g/mol. The molecule has 0 saturated carbocycles. The summed E-state index contributed by atoms with van der Waals surface area (Å²) in [4.78, 5) is 22.1. The van der Waals surface area contributed by atoms with Gasteiger partial charge in [-0.2, -0.15) is 4.89 Å². The molecule has 5 heteroatoms. The third kappa shape index (κ3) is 3.48. The molecule has 1 unspecified atom stereocenters. The van der Waals surface area contributed by atoms with Gasteiger partial charge in [-0.3, -0.25) is 4.79 Å². The Balaban J connectivity index is 1.83. The Morgan fingerprint density at radius 3 is 3.05 bits per heavy atom. The van der Waals surface area contributed by atoms with Gasteiger partial charge in [-0.1, -0.05) is 24.8 Å². The van der Waals surface area contributed by atoms with Gasteiger partial charge in [0.15, 0.2) is 11.9 Å². The summed E-state index contributed by atoms with van der Waals surface area (Å²) in [5.41, 5.74) is 1.86. The van der Waals surface area contributed by atoms with Crippen LogP contribution in [-0.2, 0) is 16.1 Å². The van der Waals surface area contributed by atoms with E-state index >= 15 is 0 Å². The van der Waals surface area contributed by atoms with Crippen molar-refractivity contribution in [3.63, 3.8) is 0 Å². The highest BCUT2D eigenvalue weighted by Gasteiger charge is 2.27. The lowest BCUT2D eigenvalue weighted by molar-refractivity contribution is -0.249. The smallest absolute Gasteiger partial charge is 0.253 e. The Morgan fingerprint density at radius 1 is 1.47 bits per heavy atom. The van der Waals surface area contributed by atoms with Crippen molar-refractivity contribution in [1.82, 2.24) is 10.6 Å². The summed E-state index contributed by atoms with van der Waals surface area (Å²) >= 11 is 0. The summed E-state index contributed by atoms with van der Waals surface area (Å²) in [5, 5.41) is 5.73. The molecule has 5 nitrogen and oxygen atoms in total. The lowest BCUT2D eigenvalue weighted by atomic mass is 10.1. The van der Waals surface area contributed by atoms with Gasteiger partial charge in [0.05, 0.1) is 0 Å². The molecule has 1 aromatic rings. The lowest BCUT2D eigenvalue weighted by Crippen LogP contribution is -2.41. The third-order valence-electron chi connectivity index (χ3n) is 3.00. The summed E-state index contributed by atoms with van der Waals surface area (Å²) in [6, 6.07) is 7.53. The summed E-state index contributed by atoms with van der Waals surface area (Å²) < 4.78 is 0. The van der Waals surface area contributed by atoms with E-state index in [0.29, 0.717) is 25.1 Å². The molecule has 0 aromatic heterocycles. The Hall–Kier alpha value is -2.01. The van der Waals surface area contributed by atoms with Crippen molar-refractivity contribution in [1.29, 1.82) is 0 Å². The Bertz CT molecular complexity index is 474. The molecular formula is C14H18N2O3. The molecule has 1 aromatic carbocycles. The molecule has 0 fully saturated rings. The molecular weight excluding hydrogens is 244 g/mol. The molecule has 1 atom stereocenters. The van der Waals surface area contributed by atoms with Crippen molar-refractivity contribution in [2.45, 2.75) is 18.9 Å². The molecule has 0 spiro atoms. The minimum absolute atomic E-state index is 0.168. The number of carbonyl (C=O) groups excluding carboxylic acids is 1. The molecule has 1 aliphatic rings. The number of hydrogen-bond donors (Lipinski definition) is 2. The number of hydrogen-bond acceptors (Lipinski definition) is 4. The second-order valence-electron chi connectivity index (χ2n) is 4.37. The highest BCUT2D eigenvalue weighted by atomic mass is 17.2. The number of rotatable bonds is 5. The molecule has 2 N–H and O–H groups in total. The number of carbonyl (C=O) groups is 1. The van der Waals surface area contributed by atoms with E-state index in [1.54, 1.807) is 7.05 Å². The van der Waals surface area contributed by atoms with Gasteiger partial charge < -0.3 is 15.5 Å². The molecule has 0 bridgehead atoms. The van der Waals surface area contributed by atoms with Gasteiger partial charge in [0, 0.05) is 37.7 Å². The first-order valence-electron chi connectivity index (χ1n) is 6.25. The Morgan fingerprint density at radius 2 is 2.26 bits per heavy atom. The summed E-state index contributed by atoms with van der Waals surface area (Å²) in [6.07, 6.45) is 0.610. The fraction of sp³-hybridized carbons (Fsp3) is 0.357. The molecule has 19 heavy (non-hydrogen) atoms. The van der Waals surface area contributed by atoms with E-state index in [4.69, 9.17) is 9.78 Å². The largest absolute Gasteiger partial charge is 0.392 e. The van der Waals surface area contributed by atoms with Crippen molar-refractivity contribution in [2.24, 2.45) is 0 Å². The second-order valence-corrected chi connectivity index (χ2v) is 4.37. The van der Waals surface area contributed by atoms with Crippen molar-refractivity contribution < 1.29 is 14.6 Å². The molecule has 1 amide bonds. The van der Waals surface area contributed by atoms with E-state index in [9.17, 15) is 4.79 Å². The van der Waals surface area contributed by atoms with Gasteiger partial charge in [-0.15, -0.1) is 0 Å². The molecule has 1 aliphatic heterocycles. The molecule has 1 heterocycles. The molecule has 2 rings (SSSR count). The van der Waals surface area contributed by atoms with Crippen LogP contribution in [0.2, 0.25) is 0 Å². The SMILES string of the molecule is C=C(CCNC(=O)C1Cc2ccccc2OO1)NC. The maximum Gasteiger partial charge on any atom is 0.253 e. The van der Waals surface area contributed by atoms with Crippen molar-refractivity contribution in [2.75, 3.05) is 13.6 Å². The van der Waals surface area contributed by atoms with Gasteiger partial charge in [-0.25, -0.2) is 0 Å². The summed E-state index contributed by atoms with van der Waals surface area (Å²) in [7, 11) is 1.80. The van der Waals surface area contributed by atoms with E-state index in [1.165, 1.54) is 0 Å². The van der Waals surface area contributed by atoms with E-state index < -0.39 is 6.10 Å². The average Bonchev–Trinajstić information content (AvgIpc) is 2.46. The number of amides is 1. The van der Waals surface area contributed by atoms with Crippen LogP contribution in [0.3, 0.4) is 0 Å². The predicted molar refractivity (Wildman–Crippen MR) is 71.5 cm³/mol. The standard InChI is InChI=1S/C14H18N2O3/c1-10(15-2)7-8-16-14(17)13-9-11-5-3-4-6-12(11)18-19-13/h3-6,13,15H,1,7-9H2,2H3,(H,16,17). The highest BCUT2D eigenvalue weighted by Crippen LogP contribution is 2.25. The number of fused-ring (bicyclic) bond motifs is 1. The van der Waals surface area contributed by atoms with Crippen LogP contribution in [0.15, 0.2) is 36.5 Å². The minimum Gasteiger partial charge on any atom is -0.392 e. The van der Waals surface area contributed by atoms with E-state index in [-0.39, 0.29) is 5.91 Å². The van der Waals surface area contributed by atoms with Crippen LogP contribution in [0.25, 0.3) is 0 Å². The zero-order valence-corrected chi connectivity index (χ0v) is 10.9. The lowest BCUT2D eigenvalue weighted by Gasteiger charge is -2.23. The van der Waals surface area contributed by atoms with Crippen molar-refractivity contribution >= 4 is 5.91 Å². The third-order valence-corrected chi connectivity index (χ3v) is 3.00. The zero-order valence-electron chi connectivity index (χ0n) is 10.9. The van der Waals surface area contributed by atoms with Gasteiger partial charge in [0.1, 0.15) is 0 Å². The van der Waals surface area contributed by atoms with Gasteiger partial charge >= 0.3 is 0 Å². The minimum atomic E-state index is -0.599. The van der Waals surface area contributed by atoms with Crippen LogP contribution in [0, 0.1) is 0 Å². The maximum atomic E-state index is 11.9. The molecule has 0 saturated heterocycles.